The third kappa shape index (κ3) is 1.63. The molecule has 110 valence electrons. The van der Waals surface area contributed by atoms with E-state index in [2.05, 4.69) is 13.8 Å². The van der Waals surface area contributed by atoms with Crippen LogP contribution in [0.25, 0.3) is 0 Å². The maximum absolute atomic E-state index is 14.0. The number of rotatable bonds is 1. The monoisotopic (exact) mass is 277 g/mol. The largest absolute Gasteiger partial charge is 0.384 e. The van der Waals surface area contributed by atoms with Gasteiger partial charge in [0.25, 0.3) is 0 Å². The first-order chi connectivity index (χ1) is 9.29. The molecule has 0 spiro atoms. The lowest BCUT2D eigenvalue weighted by Crippen LogP contribution is -2.50. The van der Waals surface area contributed by atoms with Crippen LogP contribution in [0.15, 0.2) is 12.1 Å². The highest BCUT2D eigenvalue weighted by Crippen LogP contribution is 2.58. The first-order valence-electron chi connectivity index (χ1n) is 7.55. The van der Waals surface area contributed by atoms with Crippen molar-refractivity contribution in [3.8, 4) is 0 Å². The second-order valence-corrected chi connectivity index (χ2v) is 7.23. The molecular formula is C17H24FNO. The van der Waals surface area contributed by atoms with Gasteiger partial charge in [-0.1, -0.05) is 26.3 Å². The van der Waals surface area contributed by atoms with Gasteiger partial charge in [-0.2, -0.15) is 0 Å². The molecule has 1 aromatic carbocycles. The standard InChI is InChI=1S/C17H24FNO/c1-10-13(18)8-7-11-9-16(2,3)17(20,15(10)11)12-5-4-6-14(12)19/h7-8,12,14,20H,4-6,9,19H2,1-3H3. The highest BCUT2D eigenvalue weighted by molar-refractivity contribution is 5.47. The molecule has 3 N–H and O–H groups in total. The molecule has 0 aromatic heterocycles. The predicted molar refractivity (Wildman–Crippen MR) is 77.8 cm³/mol. The number of hydrogen-bond donors (Lipinski definition) is 2. The van der Waals surface area contributed by atoms with Gasteiger partial charge in [-0.15, -0.1) is 0 Å². The quantitative estimate of drug-likeness (QED) is 0.829. The fraction of sp³-hybridized carbons (Fsp3) is 0.647. The Kier molecular flexibility index (Phi) is 3.00. The van der Waals surface area contributed by atoms with E-state index in [9.17, 15) is 9.50 Å². The maximum Gasteiger partial charge on any atom is 0.126 e. The van der Waals surface area contributed by atoms with Gasteiger partial charge < -0.3 is 10.8 Å². The highest BCUT2D eigenvalue weighted by Gasteiger charge is 2.58. The van der Waals surface area contributed by atoms with Crippen LogP contribution in [0.1, 0.15) is 49.8 Å². The van der Waals surface area contributed by atoms with Gasteiger partial charge in [-0.05, 0) is 48.9 Å². The Hall–Kier alpha value is -0.930. The second-order valence-electron chi connectivity index (χ2n) is 7.23. The van der Waals surface area contributed by atoms with Gasteiger partial charge in [-0.3, -0.25) is 0 Å². The van der Waals surface area contributed by atoms with E-state index in [1.54, 1.807) is 6.92 Å². The van der Waals surface area contributed by atoms with E-state index in [-0.39, 0.29) is 23.2 Å². The first kappa shape index (κ1) is 14.0. The van der Waals surface area contributed by atoms with E-state index >= 15 is 0 Å². The molecule has 0 aliphatic heterocycles. The smallest absolute Gasteiger partial charge is 0.126 e. The van der Waals surface area contributed by atoms with Crippen molar-refractivity contribution >= 4 is 0 Å². The minimum Gasteiger partial charge on any atom is -0.384 e. The highest BCUT2D eigenvalue weighted by atomic mass is 19.1. The van der Waals surface area contributed by atoms with Crippen molar-refractivity contribution in [1.29, 1.82) is 0 Å². The van der Waals surface area contributed by atoms with Crippen LogP contribution < -0.4 is 5.73 Å². The fourth-order valence-electron chi connectivity index (χ4n) is 4.56. The average molecular weight is 277 g/mol. The zero-order valence-corrected chi connectivity index (χ0v) is 12.5. The Labute approximate surface area is 120 Å². The van der Waals surface area contributed by atoms with Crippen LogP contribution in [0.3, 0.4) is 0 Å². The molecule has 3 atom stereocenters. The summed E-state index contributed by atoms with van der Waals surface area (Å²) in [5, 5.41) is 11.6. The normalized spacial score (nSPS) is 35.3. The summed E-state index contributed by atoms with van der Waals surface area (Å²) in [7, 11) is 0. The lowest BCUT2D eigenvalue weighted by molar-refractivity contribution is -0.110. The number of nitrogens with two attached hydrogens (primary N) is 1. The number of fused-ring (bicyclic) bond motifs is 1. The number of benzene rings is 1. The summed E-state index contributed by atoms with van der Waals surface area (Å²) in [5.41, 5.74) is 7.42. The molecule has 3 unspecified atom stereocenters. The van der Waals surface area contributed by atoms with E-state index in [1.807, 2.05) is 6.07 Å². The van der Waals surface area contributed by atoms with Gasteiger partial charge in [0.1, 0.15) is 5.82 Å². The van der Waals surface area contributed by atoms with Gasteiger partial charge in [-0.25, -0.2) is 4.39 Å². The second kappa shape index (κ2) is 4.28. The van der Waals surface area contributed by atoms with E-state index in [1.165, 1.54) is 6.07 Å². The Balaban J connectivity index is 2.22. The molecule has 0 amide bonds. The Morgan fingerprint density at radius 1 is 1.30 bits per heavy atom. The number of aliphatic hydroxyl groups is 1. The maximum atomic E-state index is 14.0. The van der Waals surface area contributed by atoms with Crippen molar-refractivity contribution in [3.05, 3.63) is 34.6 Å². The molecule has 1 fully saturated rings. The molecule has 0 radical (unpaired) electrons. The molecule has 2 aliphatic carbocycles. The van der Waals surface area contributed by atoms with E-state index in [0.29, 0.717) is 5.56 Å². The SMILES string of the molecule is Cc1c(F)ccc2c1C(O)(C1CCCC1N)C(C)(C)C2. The van der Waals surface area contributed by atoms with E-state index < -0.39 is 5.60 Å². The van der Waals surface area contributed by atoms with Crippen LogP contribution in [0.2, 0.25) is 0 Å². The van der Waals surface area contributed by atoms with Crippen LogP contribution in [0.4, 0.5) is 4.39 Å². The number of hydrogen-bond acceptors (Lipinski definition) is 2. The van der Waals surface area contributed by atoms with Crippen molar-refractivity contribution in [2.24, 2.45) is 17.1 Å². The van der Waals surface area contributed by atoms with Crippen molar-refractivity contribution in [2.45, 2.75) is 58.1 Å². The predicted octanol–water partition coefficient (Wildman–Crippen LogP) is 3.03. The average Bonchev–Trinajstić information content (AvgIpc) is 2.87. The molecule has 20 heavy (non-hydrogen) atoms. The third-order valence-electron chi connectivity index (χ3n) is 5.64. The Bertz CT molecular complexity index is 554. The molecule has 1 saturated carbocycles. The van der Waals surface area contributed by atoms with Crippen LogP contribution in [0, 0.1) is 24.1 Å². The summed E-state index contributed by atoms with van der Waals surface area (Å²) in [6.07, 6.45) is 3.71. The molecule has 3 heteroatoms. The molecule has 0 bridgehead atoms. The van der Waals surface area contributed by atoms with E-state index in [0.717, 1.165) is 36.8 Å². The Morgan fingerprint density at radius 3 is 2.60 bits per heavy atom. The molecule has 0 heterocycles. The molecule has 2 nitrogen and oxygen atoms in total. The van der Waals surface area contributed by atoms with Crippen LogP contribution in [0.5, 0.6) is 0 Å². The number of halogens is 1. The molecule has 2 aliphatic rings. The van der Waals surface area contributed by atoms with Crippen molar-refractivity contribution < 1.29 is 9.50 Å². The summed E-state index contributed by atoms with van der Waals surface area (Å²) < 4.78 is 14.0. The van der Waals surface area contributed by atoms with Crippen LogP contribution in [-0.4, -0.2) is 11.1 Å². The first-order valence-corrected chi connectivity index (χ1v) is 7.55. The molecule has 1 aromatic rings. The fourth-order valence-corrected chi connectivity index (χ4v) is 4.56. The minimum absolute atomic E-state index is 0.00731. The van der Waals surface area contributed by atoms with Crippen LogP contribution >= 0.6 is 0 Å². The van der Waals surface area contributed by atoms with Gasteiger partial charge >= 0.3 is 0 Å². The minimum atomic E-state index is -1.01. The van der Waals surface area contributed by atoms with Crippen molar-refractivity contribution in [3.63, 3.8) is 0 Å². The molecule has 0 saturated heterocycles. The topological polar surface area (TPSA) is 46.2 Å². The lowest BCUT2D eigenvalue weighted by atomic mass is 9.66. The third-order valence-corrected chi connectivity index (χ3v) is 5.64. The molecular weight excluding hydrogens is 253 g/mol. The summed E-state index contributed by atoms with van der Waals surface area (Å²) in [6.45, 7) is 5.94. The van der Waals surface area contributed by atoms with Gasteiger partial charge in [0.15, 0.2) is 0 Å². The molecule has 3 rings (SSSR count). The van der Waals surface area contributed by atoms with Gasteiger partial charge in [0.2, 0.25) is 0 Å². The summed E-state index contributed by atoms with van der Waals surface area (Å²) >= 11 is 0. The van der Waals surface area contributed by atoms with Crippen LogP contribution in [-0.2, 0) is 12.0 Å². The van der Waals surface area contributed by atoms with E-state index in [4.69, 9.17) is 5.73 Å². The van der Waals surface area contributed by atoms with Crippen molar-refractivity contribution in [2.75, 3.05) is 0 Å². The van der Waals surface area contributed by atoms with Gasteiger partial charge in [0.05, 0.1) is 5.60 Å². The lowest BCUT2D eigenvalue weighted by Gasteiger charge is -2.44. The zero-order chi connectivity index (χ0) is 14.7. The summed E-state index contributed by atoms with van der Waals surface area (Å²) in [4.78, 5) is 0. The van der Waals surface area contributed by atoms with Gasteiger partial charge in [0, 0.05) is 17.4 Å². The Morgan fingerprint density at radius 2 is 2.00 bits per heavy atom. The summed E-state index contributed by atoms with van der Waals surface area (Å²) in [5.74, 6) is -0.203. The van der Waals surface area contributed by atoms with Crippen molar-refractivity contribution in [1.82, 2.24) is 0 Å². The summed E-state index contributed by atoms with van der Waals surface area (Å²) in [6, 6.07) is 3.36. The zero-order valence-electron chi connectivity index (χ0n) is 12.5.